The Labute approximate surface area is 124 Å². The lowest BCUT2D eigenvalue weighted by molar-refractivity contribution is 0.600. The van der Waals surface area contributed by atoms with Gasteiger partial charge in [-0.3, -0.25) is 4.72 Å². The number of nitrogens with zero attached hydrogens (tertiary/aromatic N) is 1. The Bertz CT molecular complexity index is 791. The molecule has 21 heavy (non-hydrogen) atoms. The zero-order chi connectivity index (χ0) is 15.5. The first kappa shape index (κ1) is 14.9. The van der Waals surface area contributed by atoms with Gasteiger partial charge < -0.3 is 5.32 Å². The molecule has 2 aromatic rings. The van der Waals surface area contributed by atoms with Crippen LogP contribution in [0.2, 0.25) is 0 Å². The van der Waals surface area contributed by atoms with Gasteiger partial charge in [-0.1, -0.05) is 0 Å². The second-order valence-electron chi connectivity index (χ2n) is 4.52. The van der Waals surface area contributed by atoms with Crippen molar-refractivity contribution in [1.82, 2.24) is 0 Å². The van der Waals surface area contributed by atoms with Crippen molar-refractivity contribution in [3.05, 3.63) is 53.6 Å². The number of anilines is 2. The Kier molecular flexibility index (Phi) is 4.15. The molecule has 0 saturated heterocycles. The third-order valence-electron chi connectivity index (χ3n) is 3.02. The normalized spacial score (nSPS) is 10.7. The molecule has 0 fully saturated rings. The van der Waals surface area contributed by atoms with Crippen molar-refractivity contribution in [3.63, 3.8) is 0 Å². The van der Waals surface area contributed by atoms with Gasteiger partial charge in [0.25, 0.3) is 10.0 Å². The highest BCUT2D eigenvalue weighted by Gasteiger charge is 2.17. The molecule has 0 bridgehead atoms. The van der Waals surface area contributed by atoms with Gasteiger partial charge in [0.05, 0.1) is 16.5 Å². The van der Waals surface area contributed by atoms with E-state index in [1.165, 1.54) is 12.1 Å². The van der Waals surface area contributed by atoms with Gasteiger partial charge in [0.1, 0.15) is 0 Å². The summed E-state index contributed by atoms with van der Waals surface area (Å²) in [7, 11) is -1.88. The summed E-state index contributed by atoms with van der Waals surface area (Å²) in [6, 6.07) is 13.4. The molecule has 0 unspecified atom stereocenters. The average Bonchev–Trinajstić information content (AvgIpc) is 2.47. The first-order chi connectivity index (χ1) is 9.96. The van der Waals surface area contributed by atoms with E-state index in [9.17, 15) is 8.42 Å². The predicted molar refractivity (Wildman–Crippen MR) is 82.7 cm³/mol. The topological polar surface area (TPSA) is 82.0 Å². The van der Waals surface area contributed by atoms with Crippen LogP contribution in [0, 0.1) is 18.3 Å². The SMILES string of the molecule is CNc1ccc(NS(=O)(=O)c2ccc(C#N)cc2C)cc1. The second-order valence-corrected chi connectivity index (χ2v) is 6.18. The molecular weight excluding hydrogens is 286 g/mol. The van der Waals surface area contributed by atoms with Crippen molar-refractivity contribution in [2.45, 2.75) is 11.8 Å². The summed E-state index contributed by atoms with van der Waals surface area (Å²) in [6.45, 7) is 1.67. The van der Waals surface area contributed by atoms with Crippen LogP contribution in [0.15, 0.2) is 47.4 Å². The lowest BCUT2D eigenvalue weighted by Gasteiger charge is -2.11. The maximum absolute atomic E-state index is 12.4. The highest BCUT2D eigenvalue weighted by Crippen LogP contribution is 2.21. The van der Waals surface area contributed by atoms with Crippen LogP contribution in [0.3, 0.4) is 0 Å². The van der Waals surface area contributed by atoms with Crippen LogP contribution in [-0.4, -0.2) is 15.5 Å². The summed E-state index contributed by atoms with van der Waals surface area (Å²) in [4.78, 5) is 0.166. The minimum Gasteiger partial charge on any atom is -0.388 e. The second kappa shape index (κ2) is 5.85. The van der Waals surface area contributed by atoms with E-state index >= 15 is 0 Å². The molecule has 5 nitrogen and oxygen atoms in total. The number of hydrogen-bond donors (Lipinski definition) is 2. The van der Waals surface area contributed by atoms with E-state index in [1.54, 1.807) is 44.3 Å². The molecule has 0 aliphatic rings. The van der Waals surface area contributed by atoms with Crippen LogP contribution in [0.25, 0.3) is 0 Å². The number of aryl methyl sites for hydroxylation is 1. The standard InChI is InChI=1S/C15H15N3O2S/c1-11-9-12(10-16)3-8-15(11)21(19,20)18-14-6-4-13(17-2)5-7-14/h3-9,17-18H,1-2H3. The lowest BCUT2D eigenvalue weighted by Crippen LogP contribution is -2.14. The van der Waals surface area contributed by atoms with Crippen LogP contribution in [0.1, 0.15) is 11.1 Å². The highest BCUT2D eigenvalue weighted by atomic mass is 32.2. The van der Waals surface area contributed by atoms with Gasteiger partial charge in [-0.05, 0) is 55.0 Å². The molecule has 0 heterocycles. The Morgan fingerprint density at radius 3 is 2.19 bits per heavy atom. The molecule has 0 radical (unpaired) electrons. The molecule has 0 amide bonds. The Balaban J connectivity index is 2.31. The van der Waals surface area contributed by atoms with Crippen LogP contribution in [-0.2, 0) is 10.0 Å². The molecule has 0 aliphatic carbocycles. The fraction of sp³-hybridized carbons (Fsp3) is 0.133. The number of sulfonamides is 1. The number of rotatable bonds is 4. The van der Waals surface area contributed by atoms with Gasteiger partial charge in [-0.15, -0.1) is 0 Å². The van der Waals surface area contributed by atoms with E-state index in [1.807, 2.05) is 6.07 Å². The molecule has 108 valence electrons. The van der Waals surface area contributed by atoms with E-state index in [0.29, 0.717) is 16.8 Å². The number of hydrogen-bond acceptors (Lipinski definition) is 4. The quantitative estimate of drug-likeness (QED) is 0.909. The van der Waals surface area contributed by atoms with Crippen molar-refractivity contribution in [2.75, 3.05) is 17.1 Å². The predicted octanol–water partition coefficient (Wildman–Crippen LogP) is 2.71. The number of nitriles is 1. The zero-order valence-corrected chi connectivity index (χ0v) is 12.5. The van der Waals surface area contributed by atoms with Gasteiger partial charge in [0, 0.05) is 18.4 Å². The van der Waals surface area contributed by atoms with E-state index in [-0.39, 0.29) is 4.90 Å². The summed E-state index contributed by atoms with van der Waals surface area (Å²) in [6.07, 6.45) is 0. The average molecular weight is 301 g/mol. The highest BCUT2D eigenvalue weighted by molar-refractivity contribution is 7.92. The summed E-state index contributed by atoms with van der Waals surface area (Å²) in [5, 5.41) is 11.8. The molecule has 0 aromatic heterocycles. The van der Waals surface area contributed by atoms with E-state index in [0.717, 1.165) is 5.69 Å². The minimum absolute atomic E-state index is 0.166. The fourth-order valence-corrected chi connectivity index (χ4v) is 3.22. The first-order valence-electron chi connectivity index (χ1n) is 6.27. The van der Waals surface area contributed by atoms with Gasteiger partial charge >= 0.3 is 0 Å². The van der Waals surface area contributed by atoms with Crippen LogP contribution >= 0.6 is 0 Å². The van der Waals surface area contributed by atoms with Crippen molar-refractivity contribution >= 4 is 21.4 Å². The molecule has 0 spiro atoms. The van der Waals surface area contributed by atoms with Crippen molar-refractivity contribution in [2.24, 2.45) is 0 Å². The molecular formula is C15H15N3O2S. The van der Waals surface area contributed by atoms with Crippen molar-refractivity contribution in [1.29, 1.82) is 5.26 Å². The van der Waals surface area contributed by atoms with Gasteiger partial charge in [0.15, 0.2) is 0 Å². The van der Waals surface area contributed by atoms with E-state index in [4.69, 9.17) is 5.26 Å². The van der Waals surface area contributed by atoms with Crippen molar-refractivity contribution < 1.29 is 8.42 Å². The van der Waals surface area contributed by atoms with Gasteiger partial charge in [-0.25, -0.2) is 8.42 Å². The third kappa shape index (κ3) is 3.33. The zero-order valence-electron chi connectivity index (χ0n) is 11.7. The number of benzene rings is 2. The Hall–Kier alpha value is -2.52. The summed E-state index contributed by atoms with van der Waals surface area (Å²) in [5.74, 6) is 0. The van der Waals surface area contributed by atoms with Gasteiger partial charge in [0.2, 0.25) is 0 Å². The van der Waals surface area contributed by atoms with Crippen LogP contribution < -0.4 is 10.0 Å². The third-order valence-corrected chi connectivity index (χ3v) is 4.56. The molecule has 2 N–H and O–H groups in total. The summed E-state index contributed by atoms with van der Waals surface area (Å²) >= 11 is 0. The molecule has 2 aromatic carbocycles. The van der Waals surface area contributed by atoms with Crippen LogP contribution in [0.4, 0.5) is 11.4 Å². The van der Waals surface area contributed by atoms with Gasteiger partial charge in [-0.2, -0.15) is 5.26 Å². The Morgan fingerprint density at radius 1 is 1.05 bits per heavy atom. The minimum atomic E-state index is -3.67. The van der Waals surface area contributed by atoms with E-state index < -0.39 is 10.0 Å². The number of nitrogens with one attached hydrogen (secondary N) is 2. The summed E-state index contributed by atoms with van der Waals surface area (Å²) in [5.41, 5.74) is 2.35. The fourth-order valence-electron chi connectivity index (χ4n) is 1.94. The molecule has 0 aliphatic heterocycles. The summed E-state index contributed by atoms with van der Waals surface area (Å²) < 4.78 is 27.3. The smallest absolute Gasteiger partial charge is 0.262 e. The monoisotopic (exact) mass is 301 g/mol. The molecule has 0 atom stereocenters. The Morgan fingerprint density at radius 2 is 1.67 bits per heavy atom. The maximum Gasteiger partial charge on any atom is 0.262 e. The first-order valence-corrected chi connectivity index (χ1v) is 7.76. The molecule has 6 heteroatoms. The lowest BCUT2D eigenvalue weighted by atomic mass is 10.2. The van der Waals surface area contributed by atoms with Crippen molar-refractivity contribution in [3.8, 4) is 6.07 Å². The molecule has 0 saturated carbocycles. The maximum atomic E-state index is 12.4. The largest absolute Gasteiger partial charge is 0.388 e. The van der Waals surface area contributed by atoms with E-state index in [2.05, 4.69) is 10.0 Å². The molecule has 2 rings (SSSR count). The van der Waals surface area contributed by atoms with Crippen LogP contribution in [0.5, 0.6) is 0 Å².